The topological polar surface area (TPSA) is 96.5 Å². The number of ether oxygens (including phenoxy) is 2. The van der Waals surface area contributed by atoms with Crippen molar-refractivity contribution in [3.05, 3.63) is 82.6 Å². The molecule has 0 radical (unpaired) electrons. The lowest BCUT2D eigenvalue weighted by Crippen LogP contribution is -2.37. The van der Waals surface area contributed by atoms with Gasteiger partial charge in [0.1, 0.15) is 12.4 Å². The number of hydrogen-bond acceptors (Lipinski definition) is 5. The van der Waals surface area contributed by atoms with E-state index in [0.717, 1.165) is 30.0 Å². The lowest BCUT2D eigenvalue weighted by atomic mass is 10.0. The molecule has 4 rings (SSSR count). The maximum Gasteiger partial charge on any atom is 0.290 e. The van der Waals surface area contributed by atoms with E-state index in [1.54, 1.807) is 31.1 Å². The minimum atomic E-state index is -0.838. The number of hydrogen-bond donors (Lipinski definition) is 1. The van der Waals surface area contributed by atoms with Crippen molar-refractivity contribution in [1.82, 2.24) is 15.1 Å². The molecule has 36 heavy (non-hydrogen) atoms. The molecule has 1 fully saturated rings. The van der Waals surface area contributed by atoms with E-state index in [2.05, 4.69) is 15.7 Å². The van der Waals surface area contributed by atoms with Crippen molar-refractivity contribution in [2.75, 3.05) is 20.2 Å². The highest BCUT2D eigenvalue weighted by Crippen LogP contribution is 2.31. The third-order valence-corrected chi connectivity index (χ3v) is 5.87. The van der Waals surface area contributed by atoms with Crippen LogP contribution in [0.3, 0.4) is 0 Å². The Balaban J connectivity index is 1.43. The summed E-state index contributed by atoms with van der Waals surface area (Å²) >= 11 is 0. The van der Waals surface area contributed by atoms with Crippen LogP contribution in [0.15, 0.2) is 54.7 Å². The number of nitrogens with zero attached hydrogens (tertiary/aromatic N) is 3. The molecule has 1 unspecified atom stereocenters. The van der Waals surface area contributed by atoms with Crippen LogP contribution >= 0.6 is 0 Å². The van der Waals surface area contributed by atoms with Crippen molar-refractivity contribution in [2.24, 2.45) is 13.0 Å². The molecule has 1 aliphatic carbocycles. The van der Waals surface area contributed by atoms with Gasteiger partial charge in [-0.15, -0.1) is 6.54 Å². The molecule has 2 aromatic carbocycles. The summed E-state index contributed by atoms with van der Waals surface area (Å²) in [7, 11) is 3.33. The third kappa shape index (κ3) is 6.99. The highest BCUT2D eigenvalue weighted by molar-refractivity contribution is 5.96. The Hall–Kier alpha value is -3.56. The smallest absolute Gasteiger partial charge is 0.290 e. The highest BCUT2D eigenvalue weighted by Gasteiger charge is 2.20. The molecule has 1 amide bonds. The van der Waals surface area contributed by atoms with Crippen molar-refractivity contribution >= 4 is 11.9 Å². The zero-order valence-corrected chi connectivity index (χ0v) is 20.4. The monoisotopic (exact) mass is 493 g/mol. The van der Waals surface area contributed by atoms with Crippen molar-refractivity contribution in [1.29, 1.82) is 0 Å². The molecule has 3 aromatic rings. The molecule has 1 atom stereocenters. The maximum atomic E-state index is 14.5. The zero-order chi connectivity index (χ0) is 25.5. The first kappa shape index (κ1) is 25.5. The van der Waals surface area contributed by atoms with Gasteiger partial charge in [-0.05, 0) is 29.8 Å². The molecule has 1 saturated carbocycles. The first-order valence-corrected chi connectivity index (χ1v) is 11.9. The van der Waals surface area contributed by atoms with Gasteiger partial charge in [0, 0.05) is 43.6 Å². The van der Waals surface area contributed by atoms with E-state index in [-0.39, 0.29) is 18.7 Å². The van der Waals surface area contributed by atoms with E-state index in [1.807, 2.05) is 30.3 Å². The number of benzene rings is 2. The summed E-state index contributed by atoms with van der Waals surface area (Å²) in [5.74, 6) is -1.10. The van der Waals surface area contributed by atoms with Crippen LogP contribution in [0.25, 0.3) is 16.6 Å². The zero-order valence-electron chi connectivity index (χ0n) is 20.4. The first-order valence-electron chi connectivity index (χ1n) is 11.9. The number of rotatable bonds is 12. The summed E-state index contributed by atoms with van der Waals surface area (Å²) in [6.45, 7) is 0.942. The average Bonchev–Trinajstić information content (AvgIpc) is 3.63. The van der Waals surface area contributed by atoms with E-state index in [4.69, 9.17) is 9.47 Å². The van der Waals surface area contributed by atoms with Crippen molar-refractivity contribution < 1.29 is 23.5 Å². The fourth-order valence-electron chi connectivity index (χ4n) is 3.81. The Labute approximate surface area is 209 Å². The summed E-state index contributed by atoms with van der Waals surface area (Å²) < 4.78 is 26.7. The number of carbonyl (C=O) groups excluding carboxylic acids is 2. The van der Waals surface area contributed by atoms with Gasteiger partial charge in [0.05, 0.1) is 12.3 Å². The van der Waals surface area contributed by atoms with Crippen molar-refractivity contribution in [2.45, 2.75) is 32.1 Å². The molecule has 190 valence electrons. The van der Waals surface area contributed by atoms with Gasteiger partial charge in [-0.25, -0.2) is 4.39 Å². The molecule has 0 aliphatic heterocycles. The van der Waals surface area contributed by atoms with Gasteiger partial charge in [0.2, 0.25) is 0 Å². The van der Waals surface area contributed by atoms with Crippen LogP contribution in [0.4, 0.5) is 4.39 Å². The molecule has 9 heteroatoms. The minimum absolute atomic E-state index is 0.0382. The van der Waals surface area contributed by atoms with Crippen LogP contribution in [0.1, 0.15) is 34.3 Å². The lowest BCUT2D eigenvalue weighted by Gasteiger charge is -2.30. The minimum Gasteiger partial charge on any atom is -0.649 e. The third-order valence-electron chi connectivity index (χ3n) is 5.87. The number of nitrogens with one attached hydrogen (secondary N) is 1. The second kappa shape index (κ2) is 11.9. The van der Waals surface area contributed by atoms with E-state index in [0.29, 0.717) is 30.3 Å². The average molecular weight is 494 g/mol. The lowest BCUT2D eigenvalue weighted by molar-refractivity contribution is -0.145. The molecule has 0 bridgehead atoms. The largest absolute Gasteiger partial charge is 0.649 e. The van der Waals surface area contributed by atoms with Crippen LogP contribution in [0, 0.1) is 11.7 Å². The second-order valence-corrected chi connectivity index (χ2v) is 8.97. The predicted octanol–water partition coefficient (Wildman–Crippen LogP) is 4.00. The SMILES string of the molecule is COCc1cn(C)nc1-c1cc(F)cc(C(=O)NCC([N-]CC2CC2)C(=O)OCc2ccccc2)c1. The van der Waals surface area contributed by atoms with Crippen LogP contribution in [-0.4, -0.2) is 47.9 Å². The number of halogens is 1. The molecule has 0 saturated heterocycles. The fourth-order valence-corrected chi connectivity index (χ4v) is 3.81. The molecular formula is C27H30FN4O4-. The highest BCUT2D eigenvalue weighted by atomic mass is 19.1. The van der Waals surface area contributed by atoms with Gasteiger partial charge in [-0.2, -0.15) is 5.10 Å². The first-order chi connectivity index (χ1) is 17.4. The Kier molecular flexibility index (Phi) is 8.45. The quantitative estimate of drug-likeness (QED) is 0.385. The van der Waals surface area contributed by atoms with Gasteiger partial charge >= 0.3 is 0 Å². The molecule has 1 heterocycles. The van der Waals surface area contributed by atoms with Crippen LogP contribution < -0.4 is 5.32 Å². The van der Waals surface area contributed by atoms with Crippen molar-refractivity contribution in [3.63, 3.8) is 0 Å². The molecule has 0 spiro atoms. The summed E-state index contributed by atoms with van der Waals surface area (Å²) in [4.78, 5) is 25.7. The summed E-state index contributed by atoms with van der Waals surface area (Å²) in [6.07, 6.45) is 3.97. The standard InChI is InChI=1S/C27H30FN4O4/c1-32-15-22(17-35-2)25(31-32)20-10-21(12-23(28)11-20)26(33)30-14-24(29-13-18-8-9-18)27(34)36-16-19-6-4-3-5-7-19/h3-7,10-12,15,18,24H,8-9,13-14,16-17H2,1-2H3,(H,30,33)/q-1. The molecular weight excluding hydrogens is 463 g/mol. The summed E-state index contributed by atoms with van der Waals surface area (Å²) in [5.41, 5.74) is 2.76. The molecule has 8 nitrogen and oxygen atoms in total. The van der Waals surface area contributed by atoms with E-state index in [1.165, 1.54) is 6.07 Å². The Bertz CT molecular complexity index is 1190. The predicted molar refractivity (Wildman–Crippen MR) is 133 cm³/mol. The number of amides is 1. The van der Waals surface area contributed by atoms with Gasteiger partial charge in [0.15, 0.2) is 0 Å². The number of methoxy groups -OCH3 is 1. The van der Waals surface area contributed by atoms with Gasteiger partial charge in [-0.1, -0.05) is 49.1 Å². The molecule has 1 N–H and O–H groups in total. The van der Waals surface area contributed by atoms with Crippen LogP contribution in [0.5, 0.6) is 0 Å². The Morgan fingerprint density at radius 3 is 2.69 bits per heavy atom. The maximum absolute atomic E-state index is 14.5. The van der Waals surface area contributed by atoms with Crippen LogP contribution in [0.2, 0.25) is 0 Å². The number of esters is 1. The number of carbonyl (C=O) groups is 2. The molecule has 1 aliphatic rings. The van der Waals surface area contributed by atoms with E-state index < -0.39 is 23.7 Å². The number of aryl methyl sites for hydroxylation is 1. The van der Waals surface area contributed by atoms with Gasteiger partial charge < -0.3 is 20.1 Å². The van der Waals surface area contributed by atoms with E-state index >= 15 is 0 Å². The normalized spacial score (nSPS) is 13.9. The Morgan fingerprint density at radius 1 is 1.19 bits per heavy atom. The second-order valence-electron chi connectivity index (χ2n) is 8.97. The van der Waals surface area contributed by atoms with Crippen molar-refractivity contribution in [3.8, 4) is 11.3 Å². The fraction of sp³-hybridized carbons (Fsp3) is 0.370. The van der Waals surface area contributed by atoms with Crippen LogP contribution in [-0.2, 0) is 34.5 Å². The summed E-state index contributed by atoms with van der Waals surface area (Å²) in [5, 5.41) is 11.6. The Morgan fingerprint density at radius 2 is 1.97 bits per heavy atom. The molecule has 1 aromatic heterocycles. The van der Waals surface area contributed by atoms with Gasteiger partial charge in [-0.3, -0.25) is 14.3 Å². The van der Waals surface area contributed by atoms with Gasteiger partial charge in [0.25, 0.3) is 11.9 Å². The van der Waals surface area contributed by atoms with E-state index in [9.17, 15) is 14.0 Å². The number of aromatic nitrogens is 2. The summed E-state index contributed by atoms with van der Waals surface area (Å²) in [6, 6.07) is 12.6.